The van der Waals surface area contributed by atoms with E-state index in [-0.39, 0.29) is 17.9 Å². The van der Waals surface area contributed by atoms with Gasteiger partial charge in [-0.25, -0.2) is 5.43 Å². The summed E-state index contributed by atoms with van der Waals surface area (Å²) in [5.41, 5.74) is 5.41. The molecule has 2 fully saturated rings. The molecule has 2 amide bonds. The number of amides is 2. The maximum atomic E-state index is 11.7. The first kappa shape index (κ1) is 15.5. The molecule has 2 unspecified atom stereocenters. The second kappa shape index (κ2) is 6.71. The van der Waals surface area contributed by atoms with E-state index in [0.29, 0.717) is 13.1 Å². The van der Waals surface area contributed by atoms with E-state index in [1.165, 1.54) is 0 Å². The summed E-state index contributed by atoms with van der Waals surface area (Å²) < 4.78 is 0. The van der Waals surface area contributed by atoms with Gasteiger partial charge in [0.1, 0.15) is 5.38 Å². The molecule has 2 heterocycles. The quantitative estimate of drug-likeness (QED) is 0.609. The van der Waals surface area contributed by atoms with Gasteiger partial charge in [0.15, 0.2) is 0 Å². The summed E-state index contributed by atoms with van der Waals surface area (Å²) in [6.45, 7) is 4.39. The Morgan fingerprint density at radius 1 is 1.35 bits per heavy atom. The number of carbonyl (C=O) groups excluding carboxylic acids is 2. The highest BCUT2D eigenvalue weighted by Crippen LogP contribution is 2.15. The van der Waals surface area contributed by atoms with Gasteiger partial charge >= 0.3 is 0 Å². The molecule has 2 N–H and O–H groups in total. The Hall–Kier alpha value is -0.890. The van der Waals surface area contributed by atoms with Crippen LogP contribution in [-0.2, 0) is 9.59 Å². The first-order valence-electron chi connectivity index (χ1n) is 6.82. The van der Waals surface area contributed by atoms with E-state index in [0.717, 1.165) is 26.2 Å². The van der Waals surface area contributed by atoms with Crippen LogP contribution in [-0.4, -0.2) is 91.3 Å². The van der Waals surface area contributed by atoms with Gasteiger partial charge in [0, 0.05) is 52.9 Å². The first-order chi connectivity index (χ1) is 9.49. The van der Waals surface area contributed by atoms with Gasteiger partial charge < -0.3 is 4.90 Å². The molecule has 0 aliphatic carbocycles. The van der Waals surface area contributed by atoms with Crippen LogP contribution in [0.1, 0.15) is 0 Å². The van der Waals surface area contributed by atoms with Crippen molar-refractivity contribution in [3.63, 3.8) is 0 Å². The minimum atomic E-state index is -0.522. The van der Waals surface area contributed by atoms with Gasteiger partial charge in [-0.1, -0.05) is 0 Å². The van der Waals surface area contributed by atoms with Crippen LogP contribution in [0.3, 0.4) is 0 Å². The normalized spacial score (nSPS) is 29.1. The zero-order chi connectivity index (χ0) is 14.7. The summed E-state index contributed by atoms with van der Waals surface area (Å²) in [4.78, 5) is 29.2. The maximum absolute atomic E-state index is 11.7. The lowest BCUT2D eigenvalue weighted by Crippen LogP contribution is -2.64. The van der Waals surface area contributed by atoms with E-state index in [4.69, 9.17) is 11.6 Å². The fraction of sp³-hybridized carbons (Fsp3) is 0.833. The number of likely N-dealkylation sites (N-methyl/N-ethyl adjacent to an activating group) is 1. The van der Waals surface area contributed by atoms with Crippen LogP contribution in [0.25, 0.3) is 0 Å². The average Bonchev–Trinajstić information content (AvgIpc) is 2.43. The predicted molar refractivity (Wildman–Crippen MR) is 76.3 cm³/mol. The molecule has 20 heavy (non-hydrogen) atoms. The third-order valence-electron chi connectivity index (χ3n) is 3.84. The Kier molecular flexibility index (Phi) is 5.20. The predicted octanol–water partition coefficient (Wildman–Crippen LogP) is -1.70. The van der Waals surface area contributed by atoms with Gasteiger partial charge in [-0.2, -0.15) is 0 Å². The molecular weight excluding hydrogens is 282 g/mol. The van der Waals surface area contributed by atoms with Gasteiger partial charge in [0.05, 0.1) is 6.54 Å². The molecule has 0 saturated carbocycles. The first-order valence-corrected chi connectivity index (χ1v) is 7.26. The summed E-state index contributed by atoms with van der Waals surface area (Å²) in [6, 6.07) is 0.0112. The molecule has 0 aromatic rings. The molecule has 8 heteroatoms. The highest BCUT2D eigenvalue weighted by atomic mass is 35.5. The second-order valence-corrected chi connectivity index (χ2v) is 5.91. The van der Waals surface area contributed by atoms with Gasteiger partial charge in [-0.15, -0.1) is 11.6 Å². The van der Waals surface area contributed by atoms with Crippen LogP contribution < -0.4 is 10.9 Å². The Morgan fingerprint density at radius 3 is 2.60 bits per heavy atom. The molecule has 2 aliphatic rings. The van der Waals surface area contributed by atoms with Gasteiger partial charge in [-0.3, -0.25) is 24.8 Å². The van der Waals surface area contributed by atoms with Crippen molar-refractivity contribution in [1.29, 1.82) is 0 Å². The van der Waals surface area contributed by atoms with Crippen molar-refractivity contribution >= 4 is 23.4 Å². The lowest BCUT2D eigenvalue weighted by atomic mass is 10.1. The largest absolute Gasteiger partial charge is 0.348 e. The molecule has 2 rings (SSSR count). The number of rotatable bonds is 3. The Bertz CT molecular complexity index is 371. The van der Waals surface area contributed by atoms with E-state index in [9.17, 15) is 9.59 Å². The minimum absolute atomic E-state index is 0.0112. The maximum Gasteiger partial charge on any atom is 0.253 e. The number of carbonyl (C=O) groups is 2. The zero-order valence-electron chi connectivity index (χ0n) is 11.9. The number of nitrogens with one attached hydrogen (secondary N) is 2. The van der Waals surface area contributed by atoms with Crippen molar-refractivity contribution in [2.45, 2.75) is 11.4 Å². The molecule has 0 radical (unpaired) electrons. The fourth-order valence-electron chi connectivity index (χ4n) is 2.49. The number of piperazine rings is 1. The van der Waals surface area contributed by atoms with Crippen LogP contribution in [0.15, 0.2) is 0 Å². The number of halogens is 1. The molecule has 0 bridgehead atoms. The third-order valence-corrected chi connectivity index (χ3v) is 4.33. The molecule has 114 valence electrons. The van der Waals surface area contributed by atoms with Crippen molar-refractivity contribution in [2.24, 2.45) is 0 Å². The summed E-state index contributed by atoms with van der Waals surface area (Å²) in [6.07, 6.45) is 0. The smallest absolute Gasteiger partial charge is 0.253 e. The minimum Gasteiger partial charge on any atom is -0.348 e. The molecule has 2 atom stereocenters. The summed E-state index contributed by atoms with van der Waals surface area (Å²) in [7, 11) is 3.53. The van der Waals surface area contributed by atoms with Crippen LogP contribution in [0, 0.1) is 0 Å². The average molecular weight is 304 g/mol. The second-order valence-electron chi connectivity index (χ2n) is 5.44. The third kappa shape index (κ3) is 3.60. The zero-order valence-corrected chi connectivity index (χ0v) is 12.7. The molecule has 7 nitrogen and oxygen atoms in total. The Balaban J connectivity index is 1.82. The van der Waals surface area contributed by atoms with E-state index >= 15 is 0 Å². The van der Waals surface area contributed by atoms with Crippen LogP contribution in [0.5, 0.6) is 0 Å². The highest BCUT2D eigenvalue weighted by Gasteiger charge is 2.35. The summed E-state index contributed by atoms with van der Waals surface area (Å²) in [5, 5.41) is -0.522. The highest BCUT2D eigenvalue weighted by molar-refractivity contribution is 6.31. The van der Waals surface area contributed by atoms with Crippen LogP contribution in [0.4, 0.5) is 0 Å². The standard InChI is InChI=1S/C12H22ClN5O2/c1-16(2)10(19)8-17-3-5-18(6-4-17)9-7-14-15-12(20)11(9)13/h9,11,14H,3-8H2,1-2H3,(H,15,20). The summed E-state index contributed by atoms with van der Waals surface area (Å²) in [5.74, 6) is -0.0551. The monoisotopic (exact) mass is 303 g/mol. The van der Waals surface area contributed by atoms with Crippen LogP contribution >= 0.6 is 11.6 Å². The SMILES string of the molecule is CN(C)C(=O)CN1CCN(C2CNNC(=O)C2Cl)CC1. The number of hydrogen-bond acceptors (Lipinski definition) is 5. The Labute approximate surface area is 124 Å². The lowest BCUT2D eigenvalue weighted by Gasteiger charge is -2.42. The van der Waals surface area contributed by atoms with Gasteiger partial charge in [0.2, 0.25) is 5.91 Å². The Morgan fingerprint density at radius 2 is 2.00 bits per heavy atom. The lowest BCUT2D eigenvalue weighted by molar-refractivity contribution is -0.130. The topological polar surface area (TPSA) is 67.9 Å². The molecule has 0 aromatic heterocycles. The van der Waals surface area contributed by atoms with Crippen molar-refractivity contribution in [2.75, 3.05) is 53.4 Å². The molecule has 2 saturated heterocycles. The summed E-state index contributed by atoms with van der Waals surface area (Å²) >= 11 is 6.16. The van der Waals surface area contributed by atoms with Gasteiger partial charge in [0.25, 0.3) is 5.91 Å². The number of hydrogen-bond donors (Lipinski definition) is 2. The van der Waals surface area contributed by atoms with Crippen molar-refractivity contribution in [3.8, 4) is 0 Å². The van der Waals surface area contributed by atoms with Gasteiger partial charge in [-0.05, 0) is 0 Å². The number of hydrazine groups is 1. The van der Waals surface area contributed by atoms with E-state index in [2.05, 4.69) is 20.7 Å². The van der Waals surface area contributed by atoms with E-state index in [1.54, 1.807) is 19.0 Å². The molecular formula is C12H22ClN5O2. The number of nitrogens with zero attached hydrogens (tertiary/aromatic N) is 3. The van der Waals surface area contributed by atoms with Crippen LogP contribution in [0.2, 0.25) is 0 Å². The molecule has 0 aromatic carbocycles. The van der Waals surface area contributed by atoms with E-state index in [1.807, 2.05) is 0 Å². The fourth-order valence-corrected chi connectivity index (χ4v) is 2.79. The number of alkyl halides is 1. The van der Waals surface area contributed by atoms with Crippen molar-refractivity contribution < 1.29 is 9.59 Å². The molecule has 2 aliphatic heterocycles. The van der Waals surface area contributed by atoms with Crippen molar-refractivity contribution in [3.05, 3.63) is 0 Å². The van der Waals surface area contributed by atoms with E-state index < -0.39 is 5.38 Å². The molecule has 0 spiro atoms. The van der Waals surface area contributed by atoms with Crippen molar-refractivity contribution in [1.82, 2.24) is 25.6 Å².